The SMILES string of the molecule is CC(C)[C@@H](NC(=O)c1ccc(F)cc1F)C(=O)O. The maximum atomic E-state index is 13.3. The molecule has 0 saturated carbocycles. The van der Waals surface area contributed by atoms with Crippen molar-refractivity contribution in [3.63, 3.8) is 0 Å². The number of hydrogen-bond donors (Lipinski definition) is 2. The first-order valence-corrected chi connectivity index (χ1v) is 5.31. The maximum Gasteiger partial charge on any atom is 0.326 e. The third-order valence-corrected chi connectivity index (χ3v) is 2.40. The topological polar surface area (TPSA) is 66.4 Å². The molecule has 0 bridgehead atoms. The Balaban J connectivity index is 2.91. The number of hydrogen-bond acceptors (Lipinski definition) is 2. The number of rotatable bonds is 4. The van der Waals surface area contributed by atoms with Gasteiger partial charge in [-0.25, -0.2) is 13.6 Å². The van der Waals surface area contributed by atoms with Crippen molar-refractivity contribution in [1.29, 1.82) is 0 Å². The van der Waals surface area contributed by atoms with Crippen LogP contribution in [0.1, 0.15) is 24.2 Å². The number of halogens is 2. The third-order valence-electron chi connectivity index (χ3n) is 2.40. The Hall–Kier alpha value is -1.98. The van der Waals surface area contributed by atoms with Gasteiger partial charge in [0, 0.05) is 6.07 Å². The lowest BCUT2D eigenvalue weighted by atomic mass is 10.0. The average molecular weight is 257 g/mol. The van der Waals surface area contributed by atoms with E-state index in [0.29, 0.717) is 6.07 Å². The fourth-order valence-corrected chi connectivity index (χ4v) is 1.41. The second-order valence-electron chi connectivity index (χ2n) is 4.16. The Kier molecular flexibility index (Phi) is 4.36. The first kappa shape index (κ1) is 14.1. The molecule has 0 spiro atoms. The highest BCUT2D eigenvalue weighted by molar-refractivity contribution is 5.96. The smallest absolute Gasteiger partial charge is 0.326 e. The van der Waals surface area contributed by atoms with Crippen LogP contribution in [0.4, 0.5) is 8.78 Å². The fourth-order valence-electron chi connectivity index (χ4n) is 1.41. The highest BCUT2D eigenvalue weighted by Crippen LogP contribution is 2.11. The predicted molar refractivity (Wildman–Crippen MR) is 60.1 cm³/mol. The van der Waals surface area contributed by atoms with E-state index in [0.717, 1.165) is 12.1 Å². The molecule has 2 N–H and O–H groups in total. The summed E-state index contributed by atoms with van der Waals surface area (Å²) in [7, 11) is 0. The van der Waals surface area contributed by atoms with Gasteiger partial charge in [0.05, 0.1) is 5.56 Å². The fraction of sp³-hybridized carbons (Fsp3) is 0.333. The molecule has 1 aromatic rings. The summed E-state index contributed by atoms with van der Waals surface area (Å²) in [5, 5.41) is 11.1. The van der Waals surface area contributed by atoms with Gasteiger partial charge < -0.3 is 10.4 Å². The normalized spacial score (nSPS) is 12.3. The summed E-state index contributed by atoms with van der Waals surface area (Å²) in [4.78, 5) is 22.5. The van der Waals surface area contributed by atoms with E-state index in [4.69, 9.17) is 5.11 Å². The molecule has 0 aliphatic rings. The van der Waals surface area contributed by atoms with E-state index in [-0.39, 0.29) is 11.5 Å². The van der Waals surface area contributed by atoms with Gasteiger partial charge in [-0.3, -0.25) is 4.79 Å². The van der Waals surface area contributed by atoms with Gasteiger partial charge >= 0.3 is 5.97 Å². The lowest BCUT2D eigenvalue weighted by Gasteiger charge is -2.18. The quantitative estimate of drug-likeness (QED) is 0.864. The number of aliphatic carboxylic acids is 1. The zero-order chi connectivity index (χ0) is 13.9. The van der Waals surface area contributed by atoms with Gasteiger partial charge in [0.15, 0.2) is 0 Å². The van der Waals surface area contributed by atoms with Crippen molar-refractivity contribution in [1.82, 2.24) is 5.32 Å². The molecule has 1 aromatic carbocycles. The van der Waals surface area contributed by atoms with Crippen LogP contribution in [0, 0.1) is 17.6 Å². The summed E-state index contributed by atoms with van der Waals surface area (Å²) < 4.78 is 26.0. The van der Waals surface area contributed by atoms with Crippen LogP contribution in [0.3, 0.4) is 0 Å². The molecule has 0 fully saturated rings. The van der Waals surface area contributed by atoms with Crippen LogP contribution in [0.15, 0.2) is 18.2 Å². The number of benzene rings is 1. The molecule has 0 aromatic heterocycles. The van der Waals surface area contributed by atoms with Gasteiger partial charge in [-0.1, -0.05) is 13.8 Å². The first-order valence-electron chi connectivity index (χ1n) is 5.31. The molecule has 6 heteroatoms. The van der Waals surface area contributed by atoms with Crippen LogP contribution >= 0.6 is 0 Å². The van der Waals surface area contributed by atoms with E-state index in [2.05, 4.69) is 5.32 Å². The molecule has 1 amide bonds. The minimum absolute atomic E-state index is 0.352. The van der Waals surface area contributed by atoms with Crippen molar-refractivity contribution >= 4 is 11.9 Å². The summed E-state index contributed by atoms with van der Waals surface area (Å²) >= 11 is 0. The Morgan fingerprint density at radius 1 is 1.28 bits per heavy atom. The Bertz CT molecular complexity index is 474. The van der Waals surface area contributed by atoms with E-state index in [1.54, 1.807) is 13.8 Å². The Morgan fingerprint density at radius 2 is 1.89 bits per heavy atom. The number of carbonyl (C=O) groups is 2. The largest absolute Gasteiger partial charge is 0.480 e. The molecule has 0 saturated heterocycles. The lowest BCUT2D eigenvalue weighted by molar-refractivity contribution is -0.140. The van der Waals surface area contributed by atoms with Gasteiger partial charge in [-0.05, 0) is 18.1 Å². The van der Waals surface area contributed by atoms with Crippen LogP contribution in [-0.2, 0) is 4.79 Å². The molecular formula is C12H13F2NO3. The Labute approximate surface area is 103 Å². The number of amides is 1. The predicted octanol–water partition coefficient (Wildman–Crippen LogP) is 1.80. The van der Waals surface area contributed by atoms with E-state index in [1.165, 1.54) is 0 Å². The molecule has 0 aliphatic carbocycles. The van der Waals surface area contributed by atoms with Crippen molar-refractivity contribution in [3.05, 3.63) is 35.4 Å². The minimum atomic E-state index is -1.21. The van der Waals surface area contributed by atoms with E-state index in [1.807, 2.05) is 0 Å². The van der Waals surface area contributed by atoms with Crippen LogP contribution in [0.25, 0.3) is 0 Å². The highest BCUT2D eigenvalue weighted by Gasteiger charge is 2.25. The summed E-state index contributed by atoms with van der Waals surface area (Å²) in [5.74, 6) is -4.27. The number of carboxylic acid groups (broad SMARTS) is 1. The van der Waals surface area contributed by atoms with Crippen molar-refractivity contribution in [2.24, 2.45) is 5.92 Å². The van der Waals surface area contributed by atoms with Gasteiger partial charge in [-0.2, -0.15) is 0 Å². The van der Waals surface area contributed by atoms with E-state index < -0.39 is 29.6 Å². The van der Waals surface area contributed by atoms with Gasteiger partial charge in [-0.15, -0.1) is 0 Å². The molecule has 4 nitrogen and oxygen atoms in total. The summed E-state index contributed by atoms with van der Waals surface area (Å²) in [6, 6.07) is 1.35. The standard InChI is InChI=1S/C12H13F2NO3/c1-6(2)10(12(17)18)15-11(16)8-4-3-7(13)5-9(8)14/h3-6,10H,1-2H3,(H,15,16)(H,17,18)/t10-/m1/s1. The van der Waals surface area contributed by atoms with Gasteiger partial charge in [0.2, 0.25) is 0 Å². The van der Waals surface area contributed by atoms with Crippen molar-refractivity contribution in [2.75, 3.05) is 0 Å². The zero-order valence-electron chi connectivity index (χ0n) is 9.91. The lowest BCUT2D eigenvalue weighted by Crippen LogP contribution is -2.44. The van der Waals surface area contributed by atoms with Gasteiger partial charge in [0.25, 0.3) is 5.91 Å². The van der Waals surface area contributed by atoms with E-state index >= 15 is 0 Å². The maximum absolute atomic E-state index is 13.3. The highest BCUT2D eigenvalue weighted by atomic mass is 19.1. The second kappa shape index (κ2) is 5.57. The molecule has 1 rings (SSSR count). The zero-order valence-corrected chi connectivity index (χ0v) is 9.91. The number of nitrogens with one attached hydrogen (secondary N) is 1. The van der Waals surface area contributed by atoms with E-state index in [9.17, 15) is 18.4 Å². The molecule has 18 heavy (non-hydrogen) atoms. The molecule has 0 heterocycles. The molecular weight excluding hydrogens is 244 g/mol. The van der Waals surface area contributed by atoms with Crippen molar-refractivity contribution in [3.8, 4) is 0 Å². The summed E-state index contributed by atoms with van der Waals surface area (Å²) in [6.45, 7) is 3.22. The first-order chi connectivity index (χ1) is 8.32. The second-order valence-corrected chi connectivity index (χ2v) is 4.16. The number of carboxylic acids is 1. The van der Waals surface area contributed by atoms with Crippen LogP contribution in [0.2, 0.25) is 0 Å². The Morgan fingerprint density at radius 3 is 2.33 bits per heavy atom. The van der Waals surface area contributed by atoms with Crippen LogP contribution in [0.5, 0.6) is 0 Å². The molecule has 0 unspecified atom stereocenters. The van der Waals surface area contributed by atoms with Gasteiger partial charge in [0.1, 0.15) is 17.7 Å². The molecule has 98 valence electrons. The molecule has 0 radical (unpaired) electrons. The average Bonchev–Trinajstić information content (AvgIpc) is 2.24. The molecule has 0 aliphatic heterocycles. The summed E-state index contributed by atoms with van der Waals surface area (Å²) in [6.07, 6.45) is 0. The third kappa shape index (κ3) is 3.26. The van der Waals surface area contributed by atoms with Crippen LogP contribution in [-0.4, -0.2) is 23.0 Å². The van der Waals surface area contributed by atoms with Crippen LogP contribution < -0.4 is 5.32 Å². The number of carbonyl (C=O) groups excluding carboxylic acids is 1. The van der Waals surface area contributed by atoms with Crippen molar-refractivity contribution in [2.45, 2.75) is 19.9 Å². The summed E-state index contributed by atoms with van der Waals surface area (Å²) in [5.41, 5.74) is -0.386. The molecule has 1 atom stereocenters. The van der Waals surface area contributed by atoms with Crippen molar-refractivity contribution < 1.29 is 23.5 Å². The monoisotopic (exact) mass is 257 g/mol. The minimum Gasteiger partial charge on any atom is -0.480 e.